The van der Waals surface area contributed by atoms with Gasteiger partial charge in [-0.2, -0.15) is 0 Å². The molecular formula is C20H24N2O4S. The van der Waals surface area contributed by atoms with E-state index in [0.717, 1.165) is 24.1 Å². The first kappa shape index (κ1) is 19.4. The molecule has 2 aromatic carbocycles. The summed E-state index contributed by atoms with van der Waals surface area (Å²) < 4.78 is 33.6. The van der Waals surface area contributed by atoms with E-state index in [2.05, 4.69) is 4.72 Å². The van der Waals surface area contributed by atoms with Gasteiger partial charge in [-0.25, -0.2) is 13.1 Å². The molecule has 6 nitrogen and oxygen atoms in total. The molecule has 0 aliphatic carbocycles. The first-order chi connectivity index (χ1) is 12.9. The fraction of sp³-hybridized carbons (Fsp3) is 0.350. The lowest BCUT2D eigenvalue weighted by molar-refractivity contribution is -0.116. The van der Waals surface area contributed by atoms with Crippen LogP contribution in [-0.4, -0.2) is 33.5 Å². The average molecular weight is 388 g/mol. The molecule has 1 unspecified atom stereocenters. The Morgan fingerprint density at radius 1 is 1.22 bits per heavy atom. The number of carbonyl (C=O) groups excluding carboxylic acids is 1. The maximum atomic E-state index is 12.6. The molecule has 1 amide bonds. The van der Waals surface area contributed by atoms with Crippen molar-refractivity contribution in [1.29, 1.82) is 0 Å². The number of hydrogen-bond donors (Lipinski definition) is 1. The molecular weight excluding hydrogens is 364 g/mol. The van der Waals surface area contributed by atoms with Crippen LogP contribution in [0.2, 0.25) is 0 Å². The number of carbonyl (C=O) groups is 1. The Labute approximate surface area is 160 Å². The van der Waals surface area contributed by atoms with E-state index in [9.17, 15) is 13.2 Å². The number of para-hydroxylation sites is 1. The third-order valence-electron chi connectivity index (χ3n) is 4.50. The molecule has 0 fully saturated rings. The summed E-state index contributed by atoms with van der Waals surface area (Å²) in [5.74, 6) is 0.666. The van der Waals surface area contributed by atoms with Crippen molar-refractivity contribution in [3.63, 3.8) is 0 Å². The zero-order valence-corrected chi connectivity index (χ0v) is 16.3. The quantitative estimate of drug-likeness (QED) is 0.826. The van der Waals surface area contributed by atoms with E-state index >= 15 is 0 Å². The van der Waals surface area contributed by atoms with Crippen molar-refractivity contribution in [1.82, 2.24) is 4.72 Å². The van der Waals surface area contributed by atoms with Crippen LogP contribution >= 0.6 is 0 Å². The molecule has 0 spiro atoms. The summed E-state index contributed by atoms with van der Waals surface area (Å²) >= 11 is 0. The van der Waals surface area contributed by atoms with Crippen LogP contribution in [0.15, 0.2) is 53.4 Å². The molecule has 1 aliphatic rings. The molecule has 1 atom stereocenters. The number of ether oxygens (including phenoxy) is 1. The van der Waals surface area contributed by atoms with Gasteiger partial charge in [-0.1, -0.05) is 18.2 Å². The molecule has 0 saturated carbocycles. The van der Waals surface area contributed by atoms with Crippen LogP contribution in [-0.2, 0) is 21.2 Å². The molecule has 0 radical (unpaired) electrons. The Kier molecular flexibility index (Phi) is 5.82. The molecule has 27 heavy (non-hydrogen) atoms. The lowest BCUT2D eigenvalue weighted by Crippen LogP contribution is -2.35. The Morgan fingerprint density at radius 2 is 1.96 bits per heavy atom. The van der Waals surface area contributed by atoms with Crippen molar-refractivity contribution >= 4 is 21.6 Å². The predicted molar refractivity (Wildman–Crippen MR) is 105 cm³/mol. The fourth-order valence-electron chi connectivity index (χ4n) is 3.15. The molecule has 0 saturated heterocycles. The highest BCUT2D eigenvalue weighted by Crippen LogP contribution is 2.29. The second-order valence-electron chi connectivity index (χ2n) is 6.66. The van der Waals surface area contributed by atoms with Crippen LogP contribution in [0.3, 0.4) is 0 Å². The summed E-state index contributed by atoms with van der Waals surface area (Å²) in [7, 11) is -3.65. The number of nitrogens with one attached hydrogen (secondary N) is 1. The molecule has 1 N–H and O–H groups in total. The van der Waals surface area contributed by atoms with E-state index < -0.39 is 10.0 Å². The number of sulfonamides is 1. The van der Waals surface area contributed by atoms with E-state index in [1.165, 1.54) is 6.92 Å². The zero-order valence-electron chi connectivity index (χ0n) is 15.5. The number of nitrogens with zero attached hydrogens (tertiary/aromatic N) is 1. The van der Waals surface area contributed by atoms with Gasteiger partial charge in [-0.3, -0.25) is 4.79 Å². The average Bonchev–Trinajstić information content (AvgIpc) is 2.66. The highest BCUT2D eigenvalue weighted by molar-refractivity contribution is 7.89. The molecule has 3 rings (SSSR count). The maximum Gasteiger partial charge on any atom is 0.240 e. The van der Waals surface area contributed by atoms with Crippen molar-refractivity contribution in [2.75, 3.05) is 18.0 Å². The summed E-state index contributed by atoms with van der Waals surface area (Å²) in [6.45, 7) is 4.16. The number of fused-ring (bicyclic) bond motifs is 1. The van der Waals surface area contributed by atoms with E-state index in [0.29, 0.717) is 12.3 Å². The third-order valence-corrected chi connectivity index (χ3v) is 5.92. The van der Waals surface area contributed by atoms with Crippen molar-refractivity contribution in [3.8, 4) is 5.75 Å². The van der Waals surface area contributed by atoms with Crippen LogP contribution in [0.1, 0.15) is 25.8 Å². The summed E-state index contributed by atoms with van der Waals surface area (Å²) in [4.78, 5) is 13.7. The van der Waals surface area contributed by atoms with Gasteiger partial charge in [-0.05, 0) is 55.7 Å². The predicted octanol–water partition coefficient (Wildman–Crippen LogP) is 2.73. The van der Waals surface area contributed by atoms with Crippen molar-refractivity contribution in [2.24, 2.45) is 0 Å². The van der Waals surface area contributed by atoms with Crippen LogP contribution in [0.4, 0.5) is 5.69 Å². The number of aryl methyl sites for hydroxylation is 1. The number of rotatable bonds is 6. The van der Waals surface area contributed by atoms with Crippen LogP contribution < -0.4 is 14.4 Å². The number of hydrogen-bond acceptors (Lipinski definition) is 4. The molecule has 2 aromatic rings. The Hall–Kier alpha value is -2.38. The minimum atomic E-state index is -3.65. The van der Waals surface area contributed by atoms with Crippen molar-refractivity contribution in [3.05, 3.63) is 54.1 Å². The molecule has 1 heterocycles. The molecule has 0 aromatic heterocycles. The van der Waals surface area contributed by atoms with Gasteiger partial charge in [-0.15, -0.1) is 0 Å². The summed E-state index contributed by atoms with van der Waals surface area (Å²) in [6.07, 6.45) is 1.27. The lowest BCUT2D eigenvalue weighted by Gasteiger charge is -2.28. The third kappa shape index (κ3) is 4.67. The van der Waals surface area contributed by atoms with Crippen molar-refractivity contribution in [2.45, 2.75) is 37.7 Å². The largest absolute Gasteiger partial charge is 0.489 e. The van der Waals surface area contributed by atoms with Gasteiger partial charge >= 0.3 is 0 Å². The Bertz CT molecular complexity index is 913. The SMILES string of the molecule is CC(=O)N1CCCc2cc(S(=O)(=O)NCC(C)Oc3ccccc3)ccc21. The number of amides is 1. The smallest absolute Gasteiger partial charge is 0.240 e. The van der Waals surface area contributed by atoms with E-state index in [1.54, 1.807) is 23.1 Å². The van der Waals surface area contributed by atoms with Gasteiger partial charge in [0.05, 0.1) is 4.90 Å². The zero-order chi connectivity index (χ0) is 19.4. The van der Waals surface area contributed by atoms with Gasteiger partial charge in [0.1, 0.15) is 11.9 Å². The van der Waals surface area contributed by atoms with Gasteiger partial charge in [0.15, 0.2) is 0 Å². The van der Waals surface area contributed by atoms with Crippen molar-refractivity contribution < 1.29 is 17.9 Å². The first-order valence-electron chi connectivity index (χ1n) is 8.99. The monoisotopic (exact) mass is 388 g/mol. The Morgan fingerprint density at radius 3 is 2.67 bits per heavy atom. The topological polar surface area (TPSA) is 75.7 Å². The second-order valence-corrected chi connectivity index (χ2v) is 8.43. The normalized spacial score (nSPS) is 15.1. The number of benzene rings is 2. The van der Waals surface area contributed by atoms with Gasteiger partial charge < -0.3 is 9.64 Å². The standard InChI is InChI=1S/C20H24N2O4S/c1-15(26-18-8-4-3-5-9-18)14-21-27(24,25)19-10-11-20-17(13-19)7-6-12-22(20)16(2)23/h3-5,8-11,13,15,21H,6-7,12,14H2,1-2H3. The molecule has 0 bridgehead atoms. The molecule has 7 heteroatoms. The van der Waals surface area contributed by atoms with Gasteiger partial charge in [0.25, 0.3) is 0 Å². The van der Waals surface area contributed by atoms with Gasteiger partial charge in [0.2, 0.25) is 15.9 Å². The minimum Gasteiger partial charge on any atom is -0.489 e. The highest BCUT2D eigenvalue weighted by atomic mass is 32.2. The van der Waals surface area contributed by atoms with E-state index in [-0.39, 0.29) is 23.5 Å². The maximum absolute atomic E-state index is 12.6. The molecule has 144 valence electrons. The second kappa shape index (κ2) is 8.10. The van der Waals surface area contributed by atoms with E-state index in [1.807, 2.05) is 37.3 Å². The van der Waals surface area contributed by atoms with Crippen LogP contribution in [0.5, 0.6) is 5.75 Å². The minimum absolute atomic E-state index is 0.0310. The van der Waals surface area contributed by atoms with Gasteiger partial charge in [0, 0.05) is 25.7 Å². The lowest BCUT2D eigenvalue weighted by atomic mass is 10.0. The number of anilines is 1. The highest BCUT2D eigenvalue weighted by Gasteiger charge is 2.23. The molecule has 1 aliphatic heterocycles. The van der Waals surface area contributed by atoms with Crippen LogP contribution in [0, 0.1) is 0 Å². The fourth-order valence-corrected chi connectivity index (χ4v) is 4.32. The first-order valence-corrected chi connectivity index (χ1v) is 10.5. The Balaban J connectivity index is 1.69. The summed E-state index contributed by atoms with van der Waals surface area (Å²) in [5.41, 5.74) is 1.68. The van der Waals surface area contributed by atoms with Crippen LogP contribution in [0.25, 0.3) is 0 Å². The summed E-state index contributed by atoms with van der Waals surface area (Å²) in [6, 6.07) is 14.2. The summed E-state index contributed by atoms with van der Waals surface area (Å²) in [5, 5.41) is 0. The van der Waals surface area contributed by atoms with E-state index in [4.69, 9.17) is 4.74 Å².